The van der Waals surface area contributed by atoms with Crippen LogP contribution >= 0.6 is 0 Å². The van der Waals surface area contributed by atoms with Crippen LogP contribution in [0.3, 0.4) is 0 Å². The highest BCUT2D eigenvalue weighted by molar-refractivity contribution is 6.59. The number of hydrogen-bond donors (Lipinski definition) is 3. The van der Waals surface area contributed by atoms with Gasteiger partial charge in [0.15, 0.2) is 0 Å². The van der Waals surface area contributed by atoms with E-state index in [1.165, 1.54) is 0 Å². The summed E-state index contributed by atoms with van der Waals surface area (Å²) in [7, 11) is 0.347. The molecule has 0 saturated carbocycles. The molecule has 0 aromatic heterocycles. The van der Waals surface area contributed by atoms with Crippen LogP contribution in [0.5, 0.6) is 0 Å². The number of hydrogen-bond acceptors (Lipinski definition) is 4. The van der Waals surface area contributed by atoms with Crippen molar-refractivity contribution in [1.82, 2.24) is 0 Å². The molecule has 0 aliphatic carbocycles. The van der Waals surface area contributed by atoms with E-state index in [2.05, 4.69) is 0 Å². The molecule has 0 radical (unpaired) electrons. The zero-order valence-corrected chi connectivity index (χ0v) is 11.6. The van der Waals surface area contributed by atoms with E-state index in [4.69, 9.17) is 5.11 Å². The van der Waals surface area contributed by atoms with Crippen LogP contribution in [-0.2, 0) is 6.54 Å². The Morgan fingerprint density at radius 1 is 1.10 bits per heavy atom. The second-order valence-corrected chi connectivity index (χ2v) is 4.78. The van der Waals surface area contributed by atoms with Gasteiger partial charge in [-0.2, -0.15) is 0 Å². The van der Waals surface area contributed by atoms with Gasteiger partial charge < -0.3 is 20.1 Å². The Kier molecular flexibility index (Phi) is 4.62. The molecule has 0 fully saturated rings. The van der Waals surface area contributed by atoms with E-state index in [1.807, 2.05) is 24.1 Å². The average molecular weight is 285 g/mol. The van der Waals surface area contributed by atoms with Crippen molar-refractivity contribution >= 4 is 24.2 Å². The second kappa shape index (κ2) is 6.43. The van der Waals surface area contributed by atoms with E-state index in [9.17, 15) is 14.8 Å². The lowest BCUT2D eigenvalue weighted by atomic mass is 9.77. The van der Waals surface area contributed by atoms with Gasteiger partial charge in [0.05, 0.1) is 5.56 Å². The van der Waals surface area contributed by atoms with Gasteiger partial charge in [-0.1, -0.05) is 24.3 Å². The van der Waals surface area contributed by atoms with Crippen LogP contribution in [0.1, 0.15) is 15.9 Å². The molecule has 0 aliphatic heterocycles. The molecule has 0 amide bonds. The minimum atomic E-state index is -1.51. The van der Waals surface area contributed by atoms with Gasteiger partial charge in [0.2, 0.25) is 0 Å². The normalized spacial score (nSPS) is 10.2. The third-order valence-electron chi connectivity index (χ3n) is 3.30. The number of aromatic carboxylic acids is 1. The maximum atomic E-state index is 10.8. The Morgan fingerprint density at radius 2 is 1.71 bits per heavy atom. The third kappa shape index (κ3) is 3.62. The minimum absolute atomic E-state index is 0.235. The van der Waals surface area contributed by atoms with Crippen LogP contribution in [0, 0.1) is 0 Å². The van der Waals surface area contributed by atoms with Crippen molar-refractivity contribution in [2.24, 2.45) is 0 Å². The monoisotopic (exact) mass is 285 g/mol. The SMILES string of the molecule is CN(Cc1ccccc1B(O)O)c1ccc(C(=O)O)cc1. The van der Waals surface area contributed by atoms with Gasteiger partial charge >= 0.3 is 13.1 Å². The van der Waals surface area contributed by atoms with Crippen LogP contribution < -0.4 is 10.4 Å². The molecule has 0 saturated heterocycles. The Labute approximate surface area is 123 Å². The van der Waals surface area contributed by atoms with Crippen LogP contribution in [-0.4, -0.2) is 35.3 Å². The summed E-state index contributed by atoms with van der Waals surface area (Å²) in [6.07, 6.45) is 0. The highest BCUT2D eigenvalue weighted by atomic mass is 16.4. The van der Waals surface area contributed by atoms with Crippen molar-refractivity contribution in [3.63, 3.8) is 0 Å². The summed E-state index contributed by atoms with van der Waals surface area (Å²) < 4.78 is 0. The molecule has 0 atom stereocenters. The van der Waals surface area contributed by atoms with E-state index < -0.39 is 13.1 Å². The van der Waals surface area contributed by atoms with Gasteiger partial charge in [0.1, 0.15) is 0 Å². The van der Waals surface area contributed by atoms with Gasteiger partial charge in [-0.3, -0.25) is 0 Å². The number of carboxylic acid groups (broad SMARTS) is 1. The molecule has 2 aromatic carbocycles. The molecule has 0 heterocycles. The Hall–Kier alpha value is -2.31. The summed E-state index contributed by atoms with van der Waals surface area (Å²) in [5, 5.41) is 27.6. The largest absolute Gasteiger partial charge is 0.488 e. The summed E-state index contributed by atoms with van der Waals surface area (Å²) in [6, 6.07) is 13.6. The Bertz CT molecular complexity index is 628. The number of carboxylic acids is 1. The molecule has 108 valence electrons. The first-order valence-corrected chi connectivity index (χ1v) is 6.47. The third-order valence-corrected chi connectivity index (χ3v) is 3.30. The topological polar surface area (TPSA) is 81.0 Å². The number of nitrogens with zero attached hydrogens (tertiary/aromatic N) is 1. The molecule has 2 aromatic rings. The van der Waals surface area contributed by atoms with Gasteiger partial charge in [0.25, 0.3) is 0 Å². The highest BCUT2D eigenvalue weighted by Gasteiger charge is 2.16. The number of carbonyl (C=O) groups is 1. The van der Waals surface area contributed by atoms with Crippen molar-refractivity contribution in [2.45, 2.75) is 6.54 Å². The lowest BCUT2D eigenvalue weighted by Gasteiger charge is -2.21. The molecule has 21 heavy (non-hydrogen) atoms. The van der Waals surface area contributed by atoms with Gasteiger partial charge in [-0.05, 0) is 35.3 Å². The van der Waals surface area contributed by atoms with Gasteiger partial charge in [-0.25, -0.2) is 4.79 Å². The zero-order chi connectivity index (χ0) is 15.4. The molecule has 0 unspecified atom stereocenters. The first kappa shape index (κ1) is 15.1. The number of rotatable bonds is 5. The Morgan fingerprint density at radius 3 is 2.29 bits per heavy atom. The van der Waals surface area contributed by atoms with Gasteiger partial charge in [-0.15, -0.1) is 0 Å². The number of anilines is 1. The van der Waals surface area contributed by atoms with Crippen molar-refractivity contribution in [1.29, 1.82) is 0 Å². The summed E-state index contributed by atoms with van der Waals surface area (Å²) in [6.45, 7) is 0.486. The summed E-state index contributed by atoms with van der Waals surface area (Å²) in [5.41, 5.74) is 2.35. The van der Waals surface area contributed by atoms with Crippen LogP contribution in [0.2, 0.25) is 0 Å². The van der Waals surface area contributed by atoms with Gasteiger partial charge in [0, 0.05) is 19.3 Å². The molecule has 2 rings (SSSR count). The first-order valence-electron chi connectivity index (χ1n) is 6.47. The molecular weight excluding hydrogens is 269 g/mol. The maximum Gasteiger partial charge on any atom is 0.488 e. The van der Waals surface area contributed by atoms with Crippen LogP contribution in [0.15, 0.2) is 48.5 Å². The molecule has 5 nitrogen and oxygen atoms in total. The standard InChI is InChI=1S/C15H16BNO4/c1-17(13-8-6-11(7-9-13)15(18)19)10-12-4-2-3-5-14(12)16(20)21/h2-9,20-21H,10H2,1H3,(H,18,19). The molecule has 0 aliphatic rings. The summed E-state index contributed by atoms with van der Waals surface area (Å²) in [4.78, 5) is 12.7. The zero-order valence-electron chi connectivity index (χ0n) is 11.6. The maximum absolute atomic E-state index is 10.8. The highest BCUT2D eigenvalue weighted by Crippen LogP contribution is 2.16. The van der Waals surface area contributed by atoms with Crippen molar-refractivity contribution in [3.05, 3.63) is 59.7 Å². The Balaban J connectivity index is 2.18. The lowest BCUT2D eigenvalue weighted by molar-refractivity contribution is 0.0697. The van der Waals surface area contributed by atoms with Crippen molar-refractivity contribution in [3.8, 4) is 0 Å². The quantitative estimate of drug-likeness (QED) is 0.705. The molecule has 0 spiro atoms. The molecule has 6 heteroatoms. The fourth-order valence-electron chi connectivity index (χ4n) is 2.14. The fraction of sp³-hybridized carbons (Fsp3) is 0.133. The summed E-state index contributed by atoms with van der Waals surface area (Å²) in [5.74, 6) is -0.960. The molecule has 0 bridgehead atoms. The van der Waals surface area contributed by atoms with Crippen LogP contribution in [0.25, 0.3) is 0 Å². The van der Waals surface area contributed by atoms with Crippen molar-refractivity contribution < 1.29 is 19.9 Å². The first-order chi connectivity index (χ1) is 9.99. The smallest absolute Gasteiger partial charge is 0.478 e. The van der Waals surface area contributed by atoms with E-state index >= 15 is 0 Å². The number of benzene rings is 2. The summed E-state index contributed by atoms with van der Waals surface area (Å²) >= 11 is 0. The predicted octanol–water partition coefficient (Wildman–Crippen LogP) is 0.701. The fourth-order valence-corrected chi connectivity index (χ4v) is 2.14. The minimum Gasteiger partial charge on any atom is -0.478 e. The lowest BCUT2D eigenvalue weighted by Crippen LogP contribution is -2.35. The molecular formula is C15H16BNO4. The molecule has 3 N–H and O–H groups in total. The van der Waals surface area contributed by atoms with Crippen molar-refractivity contribution in [2.75, 3.05) is 11.9 Å². The predicted molar refractivity (Wildman–Crippen MR) is 81.8 cm³/mol. The van der Waals surface area contributed by atoms with Crippen LogP contribution in [0.4, 0.5) is 5.69 Å². The second-order valence-electron chi connectivity index (χ2n) is 4.78. The van der Waals surface area contributed by atoms with E-state index in [1.54, 1.807) is 36.4 Å². The van der Waals surface area contributed by atoms with E-state index in [0.717, 1.165) is 11.3 Å². The average Bonchev–Trinajstić information content (AvgIpc) is 2.47. The van der Waals surface area contributed by atoms with E-state index in [0.29, 0.717) is 12.0 Å². The van der Waals surface area contributed by atoms with E-state index in [-0.39, 0.29) is 5.56 Å².